The summed E-state index contributed by atoms with van der Waals surface area (Å²) < 4.78 is 8.41. The highest BCUT2D eigenvalue weighted by Crippen LogP contribution is 2.24. The minimum atomic E-state index is -0.823. The summed E-state index contributed by atoms with van der Waals surface area (Å²) in [7, 11) is 0. The molecule has 0 atom stereocenters. The summed E-state index contributed by atoms with van der Waals surface area (Å²) in [5, 5.41) is 7.04. The monoisotopic (exact) mass is 701 g/mol. The predicted molar refractivity (Wildman–Crippen MR) is 176 cm³/mol. The van der Waals surface area contributed by atoms with Gasteiger partial charge in [0.1, 0.15) is 0 Å². The summed E-state index contributed by atoms with van der Waals surface area (Å²) in [5.74, 6) is -1.45. The van der Waals surface area contributed by atoms with Crippen molar-refractivity contribution in [1.29, 1.82) is 0 Å². The van der Waals surface area contributed by atoms with E-state index in [2.05, 4.69) is 65.5 Å². The largest absolute Gasteiger partial charge is 0.460 e. The van der Waals surface area contributed by atoms with Crippen molar-refractivity contribution in [3.63, 3.8) is 0 Å². The first kappa shape index (κ1) is 33.2. The number of nitrogens with zero attached hydrogens (tertiary/aromatic N) is 2. The fourth-order valence-corrected chi connectivity index (χ4v) is 4.97. The molecule has 0 fully saturated rings. The Labute approximate surface area is 261 Å². The van der Waals surface area contributed by atoms with Gasteiger partial charge >= 0.3 is 5.97 Å². The van der Waals surface area contributed by atoms with Gasteiger partial charge in [0.2, 0.25) is 0 Å². The molecule has 5 rings (SSSR count). The fourth-order valence-electron chi connectivity index (χ4n) is 4.24. The van der Waals surface area contributed by atoms with Crippen molar-refractivity contribution in [3.05, 3.63) is 73.7 Å². The van der Waals surface area contributed by atoms with Gasteiger partial charge in [-0.3, -0.25) is 14.3 Å². The molecule has 5 aromatic rings. The second-order valence-electron chi connectivity index (χ2n) is 9.59. The molecule has 42 heavy (non-hydrogen) atoms. The Morgan fingerprint density at radius 1 is 0.929 bits per heavy atom. The molecule has 9 nitrogen and oxygen atoms in total. The highest BCUT2D eigenvalue weighted by molar-refractivity contribution is 9.10. The lowest BCUT2D eigenvalue weighted by atomic mass is 10.1. The molecule has 3 aromatic heterocycles. The van der Waals surface area contributed by atoms with Crippen LogP contribution < -0.4 is 11.3 Å². The number of ketones is 1. The molecule has 0 aliphatic carbocycles. The number of fused-ring (bicyclic) bond motifs is 4. The molecule has 0 unspecified atom stereocenters. The van der Waals surface area contributed by atoms with Gasteiger partial charge in [-0.2, -0.15) is 5.10 Å². The van der Waals surface area contributed by atoms with E-state index in [9.17, 15) is 14.4 Å². The zero-order chi connectivity index (χ0) is 30.6. The van der Waals surface area contributed by atoms with Crippen molar-refractivity contribution in [1.82, 2.24) is 19.7 Å². The zero-order valence-corrected chi connectivity index (χ0v) is 27.3. The van der Waals surface area contributed by atoms with Crippen LogP contribution >= 0.6 is 31.9 Å². The molecular weight excluding hydrogens is 666 g/mol. The molecule has 0 aliphatic rings. The third-order valence-electron chi connectivity index (χ3n) is 6.39. The Balaban J connectivity index is 0.000000195. The second kappa shape index (κ2) is 16.4. The number of carbonyl (C=O) groups excluding carboxylic acids is 2. The first-order valence-corrected chi connectivity index (χ1v) is 15.7. The van der Waals surface area contributed by atoms with E-state index in [0.29, 0.717) is 16.5 Å². The van der Waals surface area contributed by atoms with Crippen LogP contribution in [0, 0.1) is 0 Å². The number of esters is 1. The lowest BCUT2D eigenvalue weighted by Gasteiger charge is -1.99. The number of ether oxygens (including phenoxy) is 1. The molecule has 0 spiro atoms. The summed E-state index contributed by atoms with van der Waals surface area (Å²) >= 11 is 6.75. The number of hydrogen-bond acceptors (Lipinski definition) is 6. The van der Waals surface area contributed by atoms with Gasteiger partial charge in [-0.05, 0) is 50.6 Å². The molecule has 0 aliphatic heterocycles. The van der Waals surface area contributed by atoms with E-state index in [0.717, 1.165) is 56.7 Å². The molecule has 224 valence electrons. The maximum Gasteiger partial charge on any atom is 0.379 e. The quantitative estimate of drug-likeness (QED) is 0.0641. The van der Waals surface area contributed by atoms with Gasteiger partial charge in [-0.15, -0.1) is 0 Å². The van der Waals surface area contributed by atoms with Gasteiger partial charge < -0.3 is 20.4 Å². The number of aromatic amines is 2. The number of nitrogens with two attached hydrogens (primary N) is 1. The molecule has 0 saturated heterocycles. The van der Waals surface area contributed by atoms with Crippen LogP contribution in [0.25, 0.3) is 32.7 Å². The van der Waals surface area contributed by atoms with Gasteiger partial charge in [0, 0.05) is 49.6 Å². The number of unbranched alkanes of at least 4 members (excludes halogenated alkanes) is 3. The maximum atomic E-state index is 12.0. The Morgan fingerprint density at radius 2 is 1.60 bits per heavy atom. The number of aryl methyl sites for hydroxylation is 1. The standard InChI is InChI=1S/C14H14BrN3O.C12H10BrNO3.C5H13N/c1-2-3-6-18-8-11-10-5-4-9(15)7-12(10)16-14(19)13(11)17-18;1-2-17-12(16)11(15)9-6-14-10-5-7(13)3-4-8(9)10;1-2-3-4-5-6/h4-5,7-8H,2-3,6H2,1H3,(H,16,19);3-6,14H,2H2,1H3;2-6H2,1H3. The first-order valence-electron chi connectivity index (χ1n) is 14.1. The number of rotatable bonds is 9. The molecule has 0 radical (unpaired) electrons. The molecule has 0 amide bonds. The van der Waals surface area contributed by atoms with Gasteiger partial charge in [-0.25, -0.2) is 4.79 Å². The van der Waals surface area contributed by atoms with Crippen LogP contribution in [0.15, 0.2) is 62.5 Å². The van der Waals surface area contributed by atoms with E-state index >= 15 is 0 Å². The van der Waals surface area contributed by atoms with Gasteiger partial charge in [0.15, 0.2) is 5.52 Å². The first-order chi connectivity index (χ1) is 20.2. The minimum Gasteiger partial charge on any atom is -0.460 e. The summed E-state index contributed by atoms with van der Waals surface area (Å²) in [6.45, 7) is 7.88. The third kappa shape index (κ3) is 8.62. The summed E-state index contributed by atoms with van der Waals surface area (Å²) in [6, 6.07) is 11.3. The van der Waals surface area contributed by atoms with Crippen molar-refractivity contribution in [3.8, 4) is 0 Å². The Morgan fingerprint density at radius 3 is 2.21 bits per heavy atom. The van der Waals surface area contributed by atoms with Crippen molar-refractivity contribution < 1.29 is 14.3 Å². The Kier molecular flexibility index (Phi) is 13.0. The van der Waals surface area contributed by atoms with Crippen LogP contribution in [0.5, 0.6) is 0 Å². The second-order valence-corrected chi connectivity index (χ2v) is 11.4. The number of hydrogen-bond donors (Lipinski definition) is 3. The SMILES string of the molecule is CCCCCN.CCCCn1cc2c(n1)c(=O)[nH]c1cc(Br)ccc12.CCOC(=O)C(=O)c1c[nH]c2cc(Br)ccc12. The van der Waals surface area contributed by atoms with Crippen LogP contribution in [0.2, 0.25) is 0 Å². The van der Waals surface area contributed by atoms with Crippen molar-refractivity contribution >= 4 is 76.3 Å². The van der Waals surface area contributed by atoms with Crippen LogP contribution in [0.4, 0.5) is 0 Å². The molecule has 3 heterocycles. The van der Waals surface area contributed by atoms with E-state index in [1.165, 1.54) is 25.5 Å². The number of pyridine rings is 1. The number of carbonyl (C=O) groups is 2. The van der Waals surface area contributed by atoms with E-state index in [1.807, 2.05) is 41.2 Å². The average Bonchev–Trinajstić information content (AvgIpc) is 3.60. The van der Waals surface area contributed by atoms with Gasteiger partial charge in [0.05, 0.1) is 17.7 Å². The molecule has 2 aromatic carbocycles. The third-order valence-corrected chi connectivity index (χ3v) is 7.38. The predicted octanol–water partition coefficient (Wildman–Crippen LogP) is 7.25. The highest BCUT2D eigenvalue weighted by atomic mass is 79.9. The lowest BCUT2D eigenvalue weighted by molar-refractivity contribution is -0.137. The molecular formula is C31H37Br2N5O4. The van der Waals surface area contributed by atoms with Gasteiger partial charge in [-0.1, -0.05) is 77.1 Å². The van der Waals surface area contributed by atoms with E-state index in [1.54, 1.807) is 13.0 Å². The number of H-pyrrole nitrogens is 2. The summed E-state index contributed by atoms with van der Waals surface area (Å²) in [6.07, 6.45) is 9.42. The van der Waals surface area contributed by atoms with E-state index in [4.69, 9.17) is 5.73 Å². The maximum absolute atomic E-state index is 12.0. The summed E-state index contributed by atoms with van der Waals surface area (Å²) in [5.41, 5.74) is 7.58. The van der Waals surface area contributed by atoms with Crippen LogP contribution in [-0.4, -0.2) is 44.7 Å². The highest BCUT2D eigenvalue weighted by Gasteiger charge is 2.21. The van der Waals surface area contributed by atoms with Crippen molar-refractivity contribution in [2.24, 2.45) is 5.73 Å². The number of halogens is 2. The number of nitrogens with one attached hydrogen (secondary N) is 2. The van der Waals surface area contributed by atoms with Gasteiger partial charge in [0.25, 0.3) is 11.3 Å². The minimum absolute atomic E-state index is 0.129. The molecule has 4 N–H and O–H groups in total. The van der Waals surface area contributed by atoms with Crippen molar-refractivity contribution in [2.45, 2.75) is 59.4 Å². The average molecular weight is 703 g/mol. The molecule has 11 heteroatoms. The Bertz CT molecular complexity index is 1700. The van der Waals surface area contributed by atoms with E-state index in [-0.39, 0.29) is 12.2 Å². The Hall–Kier alpha value is -3.28. The van der Waals surface area contributed by atoms with Crippen LogP contribution in [-0.2, 0) is 16.1 Å². The van der Waals surface area contributed by atoms with Crippen LogP contribution in [0.3, 0.4) is 0 Å². The lowest BCUT2D eigenvalue weighted by Crippen LogP contribution is -2.17. The zero-order valence-electron chi connectivity index (χ0n) is 24.1. The summed E-state index contributed by atoms with van der Waals surface area (Å²) in [4.78, 5) is 41.0. The number of benzene rings is 2. The smallest absolute Gasteiger partial charge is 0.379 e. The number of Topliss-reactive ketones (excluding diaryl/α,β-unsaturated/α-hetero) is 1. The fraction of sp³-hybridized carbons (Fsp3) is 0.355. The number of aromatic nitrogens is 4. The van der Waals surface area contributed by atoms with E-state index < -0.39 is 11.8 Å². The molecule has 0 bridgehead atoms. The topological polar surface area (TPSA) is 136 Å². The normalized spacial score (nSPS) is 10.7. The van der Waals surface area contributed by atoms with Crippen LogP contribution in [0.1, 0.15) is 63.2 Å². The molecule has 0 saturated carbocycles. The van der Waals surface area contributed by atoms with Crippen molar-refractivity contribution in [2.75, 3.05) is 13.2 Å².